The van der Waals surface area contributed by atoms with Crippen LogP contribution in [0.15, 0.2) is 36.7 Å². The quantitative estimate of drug-likeness (QED) is 0.764. The van der Waals surface area contributed by atoms with Gasteiger partial charge in [0.25, 0.3) is 0 Å². The van der Waals surface area contributed by atoms with Crippen LogP contribution in [0.1, 0.15) is 37.3 Å². The Morgan fingerprint density at radius 3 is 2.88 bits per heavy atom. The fourth-order valence-corrected chi connectivity index (χ4v) is 3.11. The van der Waals surface area contributed by atoms with Gasteiger partial charge >= 0.3 is 0 Å². The second kappa shape index (κ2) is 7.47. The minimum absolute atomic E-state index is 0.143. The topological polar surface area (TPSA) is 47.4 Å². The maximum absolute atomic E-state index is 12.8. The second-order valence-corrected chi connectivity index (χ2v) is 6.10. The van der Waals surface area contributed by atoms with Gasteiger partial charge in [-0.3, -0.25) is 9.48 Å². The number of benzene rings is 1. The Hall–Kier alpha value is -2.37. The van der Waals surface area contributed by atoms with E-state index < -0.39 is 0 Å². The summed E-state index contributed by atoms with van der Waals surface area (Å²) in [7, 11) is 1.89. The first-order valence-electron chi connectivity index (χ1n) is 8.30. The first-order chi connectivity index (χ1) is 11.6. The van der Waals surface area contributed by atoms with Crippen LogP contribution >= 0.6 is 0 Å². The molecule has 0 unspecified atom stereocenters. The van der Waals surface area contributed by atoms with Crippen LogP contribution in [0.2, 0.25) is 0 Å². The molecule has 0 radical (unpaired) electrons. The molecular formula is C18H22FN3O2. The molecule has 6 heteroatoms. The molecule has 1 atom stereocenters. The second-order valence-electron chi connectivity index (χ2n) is 6.10. The summed E-state index contributed by atoms with van der Waals surface area (Å²) in [5, 5.41) is 4.20. The van der Waals surface area contributed by atoms with Crippen molar-refractivity contribution in [1.29, 1.82) is 0 Å². The maximum Gasteiger partial charge on any atom is 0.223 e. The molecule has 0 saturated carbocycles. The fraction of sp³-hybridized carbons (Fsp3) is 0.444. The molecule has 2 aromatic rings. The first-order valence-corrected chi connectivity index (χ1v) is 8.30. The molecule has 0 aliphatic carbocycles. The summed E-state index contributed by atoms with van der Waals surface area (Å²) in [5.74, 6) is 0.496. The van der Waals surface area contributed by atoms with Crippen LogP contribution in [0.4, 0.5) is 4.39 Å². The highest BCUT2D eigenvalue weighted by atomic mass is 19.1. The average Bonchev–Trinajstić information content (AvgIpc) is 3.21. The van der Waals surface area contributed by atoms with Gasteiger partial charge in [-0.05, 0) is 43.5 Å². The minimum atomic E-state index is -0.284. The van der Waals surface area contributed by atoms with Gasteiger partial charge in [0.1, 0.15) is 11.6 Å². The average molecular weight is 331 g/mol. The van der Waals surface area contributed by atoms with E-state index >= 15 is 0 Å². The molecule has 1 aliphatic rings. The Bertz CT molecular complexity index is 684. The molecule has 1 aliphatic heterocycles. The third-order valence-electron chi connectivity index (χ3n) is 4.30. The van der Waals surface area contributed by atoms with Crippen molar-refractivity contribution in [2.45, 2.75) is 31.7 Å². The zero-order valence-electron chi connectivity index (χ0n) is 13.8. The number of likely N-dealkylation sites (tertiary alicyclic amines) is 1. The van der Waals surface area contributed by atoms with Crippen molar-refractivity contribution in [1.82, 2.24) is 14.7 Å². The lowest BCUT2D eigenvalue weighted by Crippen LogP contribution is -2.30. The molecule has 1 saturated heterocycles. The highest BCUT2D eigenvalue weighted by molar-refractivity contribution is 5.77. The zero-order valence-corrected chi connectivity index (χ0v) is 13.8. The number of hydrogen-bond donors (Lipinski definition) is 0. The molecule has 24 heavy (non-hydrogen) atoms. The number of aromatic nitrogens is 2. The Balaban J connectivity index is 1.46. The van der Waals surface area contributed by atoms with Gasteiger partial charge in [-0.15, -0.1) is 0 Å². The van der Waals surface area contributed by atoms with Crippen molar-refractivity contribution in [3.63, 3.8) is 0 Å². The minimum Gasteiger partial charge on any atom is -0.494 e. The Kier molecular flexibility index (Phi) is 5.13. The molecule has 128 valence electrons. The Labute approximate surface area is 141 Å². The van der Waals surface area contributed by atoms with E-state index in [2.05, 4.69) is 5.10 Å². The number of halogens is 1. The SMILES string of the molecule is Cn1cc([C@H]2CCCN2C(=O)CCCOc2ccc(F)cc2)cn1. The van der Waals surface area contributed by atoms with Gasteiger partial charge in [0, 0.05) is 31.8 Å². The molecule has 1 aromatic carbocycles. The van der Waals surface area contributed by atoms with Gasteiger partial charge in [-0.25, -0.2) is 4.39 Å². The van der Waals surface area contributed by atoms with Crippen LogP contribution in [-0.4, -0.2) is 33.7 Å². The van der Waals surface area contributed by atoms with Crippen molar-refractivity contribution in [2.24, 2.45) is 7.05 Å². The third kappa shape index (κ3) is 3.93. The molecule has 0 bridgehead atoms. The number of carbonyl (C=O) groups is 1. The van der Waals surface area contributed by atoms with Gasteiger partial charge in [0.2, 0.25) is 5.91 Å². The van der Waals surface area contributed by atoms with E-state index in [4.69, 9.17) is 4.74 Å². The largest absolute Gasteiger partial charge is 0.494 e. The maximum atomic E-state index is 12.8. The van der Waals surface area contributed by atoms with Gasteiger partial charge in [0.05, 0.1) is 18.8 Å². The summed E-state index contributed by atoms with van der Waals surface area (Å²) < 4.78 is 20.1. The molecule has 3 rings (SSSR count). The van der Waals surface area contributed by atoms with Crippen LogP contribution in [0, 0.1) is 5.82 Å². The monoisotopic (exact) mass is 331 g/mol. The molecule has 0 N–H and O–H groups in total. The van der Waals surface area contributed by atoms with Crippen molar-refractivity contribution < 1.29 is 13.9 Å². The number of nitrogens with zero attached hydrogens (tertiary/aromatic N) is 3. The number of hydrogen-bond acceptors (Lipinski definition) is 3. The number of ether oxygens (including phenoxy) is 1. The fourth-order valence-electron chi connectivity index (χ4n) is 3.11. The number of carbonyl (C=O) groups excluding carboxylic acids is 1. The van der Waals surface area contributed by atoms with Crippen molar-refractivity contribution in [3.8, 4) is 5.75 Å². The van der Waals surface area contributed by atoms with E-state index in [9.17, 15) is 9.18 Å². The normalized spacial score (nSPS) is 17.2. The van der Waals surface area contributed by atoms with Crippen LogP contribution in [-0.2, 0) is 11.8 Å². The van der Waals surface area contributed by atoms with Crippen LogP contribution in [0.3, 0.4) is 0 Å². The standard InChI is InChI=1S/C18H22FN3O2/c1-21-13-14(12-20-21)17-4-2-10-22(17)18(23)5-3-11-24-16-8-6-15(19)7-9-16/h6-9,12-13,17H,2-5,10-11H2,1H3/t17-/m1/s1. The highest BCUT2D eigenvalue weighted by Crippen LogP contribution is 2.32. The third-order valence-corrected chi connectivity index (χ3v) is 4.30. The predicted octanol–water partition coefficient (Wildman–Crippen LogP) is 3.08. The van der Waals surface area contributed by atoms with Crippen LogP contribution in [0.5, 0.6) is 5.75 Å². The molecule has 5 nitrogen and oxygen atoms in total. The van der Waals surface area contributed by atoms with Crippen molar-refractivity contribution >= 4 is 5.91 Å². The van der Waals surface area contributed by atoms with Gasteiger partial charge < -0.3 is 9.64 Å². The molecule has 1 amide bonds. The first kappa shape index (κ1) is 16.5. The summed E-state index contributed by atoms with van der Waals surface area (Å²) in [6, 6.07) is 6.06. The smallest absolute Gasteiger partial charge is 0.223 e. The van der Waals surface area contributed by atoms with E-state index in [0.717, 1.165) is 24.9 Å². The number of amides is 1. The Morgan fingerprint density at radius 2 is 2.17 bits per heavy atom. The van der Waals surface area contributed by atoms with Crippen molar-refractivity contribution in [3.05, 3.63) is 48.0 Å². The summed E-state index contributed by atoms with van der Waals surface area (Å²) in [6.07, 6.45) is 6.94. The van der Waals surface area contributed by atoms with Crippen LogP contribution < -0.4 is 4.74 Å². The van der Waals surface area contributed by atoms with Gasteiger partial charge in [0.15, 0.2) is 0 Å². The molecule has 2 heterocycles. The lowest BCUT2D eigenvalue weighted by atomic mass is 10.1. The highest BCUT2D eigenvalue weighted by Gasteiger charge is 2.30. The van der Waals surface area contributed by atoms with E-state index in [0.29, 0.717) is 25.2 Å². The van der Waals surface area contributed by atoms with E-state index in [-0.39, 0.29) is 17.8 Å². The van der Waals surface area contributed by atoms with Gasteiger partial charge in [-0.1, -0.05) is 0 Å². The summed E-state index contributed by atoms with van der Waals surface area (Å²) in [6.45, 7) is 1.25. The van der Waals surface area contributed by atoms with E-state index in [1.165, 1.54) is 12.1 Å². The Morgan fingerprint density at radius 1 is 1.38 bits per heavy atom. The summed E-state index contributed by atoms with van der Waals surface area (Å²) in [5.41, 5.74) is 1.10. The van der Waals surface area contributed by atoms with E-state index in [1.807, 2.05) is 24.3 Å². The molecule has 1 fully saturated rings. The molecule has 0 spiro atoms. The zero-order chi connectivity index (χ0) is 16.9. The number of aryl methyl sites for hydroxylation is 1. The lowest BCUT2D eigenvalue weighted by Gasteiger charge is -2.24. The predicted molar refractivity (Wildman–Crippen MR) is 88.0 cm³/mol. The van der Waals surface area contributed by atoms with Crippen molar-refractivity contribution in [2.75, 3.05) is 13.2 Å². The summed E-state index contributed by atoms with van der Waals surface area (Å²) >= 11 is 0. The lowest BCUT2D eigenvalue weighted by molar-refractivity contribution is -0.132. The molecular weight excluding hydrogens is 309 g/mol. The summed E-state index contributed by atoms with van der Waals surface area (Å²) in [4.78, 5) is 14.4. The van der Waals surface area contributed by atoms with E-state index in [1.54, 1.807) is 16.8 Å². The van der Waals surface area contributed by atoms with Crippen LogP contribution in [0.25, 0.3) is 0 Å². The van der Waals surface area contributed by atoms with Gasteiger partial charge in [-0.2, -0.15) is 5.10 Å². The number of rotatable bonds is 6. The molecule has 1 aromatic heterocycles.